The lowest BCUT2D eigenvalue weighted by Gasteiger charge is -2.09. The summed E-state index contributed by atoms with van der Waals surface area (Å²) in [6.45, 7) is 1.50. The van der Waals surface area contributed by atoms with Crippen LogP contribution in [0.4, 0.5) is 11.6 Å². The standard InChI is InChI=1S/C19H17N5S/c1-2-6-14(7-3-1)15-12-25-19-17(15)18(23-13-24-19)22-11-10-21-16-8-4-5-9-20-16/h1-9,12-13H,10-11H2,(H,20,21)(H,22,23,24). The first-order chi connectivity index (χ1) is 12.4. The molecule has 124 valence electrons. The molecule has 0 aliphatic heterocycles. The summed E-state index contributed by atoms with van der Waals surface area (Å²) in [7, 11) is 0. The fraction of sp³-hybridized carbons (Fsp3) is 0.105. The third-order valence-electron chi connectivity index (χ3n) is 3.84. The number of rotatable bonds is 6. The van der Waals surface area contributed by atoms with E-state index in [4.69, 9.17) is 0 Å². The molecule has 6 heteroatoms. The largest absolute Gasteiger partial charge is 0.368 e. The molecule has 0 saturated carbocycles. The summed E-state index contributed by atoms with van der Waals surface area (Å²) in [5, 5.41) is 9.93. The van der Waals surface area contributed by atoms with Gasteiger partial charge in [-0.15, -0.1) is 11.3 Å². The van der Waals surface area contributed by atoms with E-state index in [0.29, 0.717) is 0 Å². The van der Waals surface area contributed by atoms with E-state index in [9.17, 15) is 0 Å². The van der Waals surface area contributed by atoms with Gasteiger partial charge in [0.2, 0.25) is 0 Å². The topological polar surface area (TPSA) is 62.7 Å². The summed E-state index contributed by atoms with van der Waals surface area (Å²) in [5.74, 6) is 1.74. The van der Waals surface area contributed by atoms with Gasteiger partial charge in [0, 0.05) is 30.2 Å². The second-order valence-corrected chi connectivity index (χ2v) is 6.34. The van der Waals surface area contributed by atoms with Crippen LogP contribution in [0, 0.1) is 0 Å². The van der Waals surface area contributed by atoms with Crippen molar-refractivity contribution >= 4 is 33.2 Å². The Balaban J connectivity index is 1.52. The molecule has 4 aromatic rings. The molecule has 0 unspecified atom stereocenters. The Morgan fingerprint density at radius 3 is 2.52 bits per heavy atom. The Labute approximate surface area is 149 Å². The predicted molar refractivity (Wildman–Crippen MR) is 104 cm³/mol. The van der Waals surface area contributed by atoms with Gasteiger partial charge in [0.15, 0.2) is 0 Å². The number of hydrogen-bond donors (Lipinski definition) is 2. The summed E-state index contributed by atoms with van der Waals surface area (Å²) in [4.78, 5) is 14.1. The van der Waals surface area contributed by atoms with Gasteiger partial charge in [-0.05, 0) is 17.7 Å². The number of hydrogen-bond acceptors (Lipinski definition) is 6. The molecule has 1 aromatic carbocycles. The van der Waals surface area contributed by atoms with Gasteiger partial charge >= 0.3 is 0 Å². The zero-order valence-corrected chi connectivity index (χ0v) is 14.3. The number of fused-ring (bicyclic) bond motifs is 1. The van der Waals surface area contributed by atoms with Crippen LogP contribution in [-0.2, 0) is 0 Å². The number of thiophene rings is 1. The van der Waals surface area contributed by atoms with Crippen LogP contribution in [0.25, 0.3) is 21.3 Å². The van der Waals surface area contributed by atoms with Crippen LogP contribution < -0.4 is 10.6 Å². The average Bonchev–Trinajstić information content (AvgIpc) is 3.12. The molecule has 0 aliphatic rings. The Kier molecular flexibility index (Phi) is 4.52. The average molecular weight is 347 g/mol. The third-order valence-corrected chi connectivity index (χ3v) is 4.73. The number of pyridine rings is 1. The van der Waals surface area contributed by atoms with E-state index in [0.717, 1.165) is 34.9 Å². The Bertz CT molecular complexity index is 953. The molecule has 2 N–H and O–H groups in total. The number of anilines is 2. The lowest BCUT2D eigenvalue weighted by Crippen LogP contribution is -2.15. The van der Waals surface area contributed by atoms with Crippen LogP contribution >= 0.6 is 11.3 Å². The molecule has 0 spiro atoms. The SMILES string of the molecule is c1ccc(-c2csc3ncnc(NCCNc4ccccn4)c23)cc1. The second kappa shape index (κ2) is 7.27. The van der Waals surface area contributed by atoms with Gasteiger partial charge in [-0.1, -0.05) is 36.4 Å². The van der Waals surface area contributed by atoms with Crippen molar-refractivity contribution in [3.8, 4) is 11.1 Å². The maximum atomic E-state index is 4.45. The van der Waals surface area contributed by atoms with Crippen molar-refractivity contribution < 1.29 is 0 Å². The first kappa shape index (κ1) is 15.5. The van der Waals surface area contributed by atoms with Gasteiger partial charge in [0.1, 0.15) is 22.8 Å². The smallest absolute Gasteiger partial charge is 0.138 e. The first-order valence-electron chi connectivity index (χ1n) is 8.08. The fourth-order valence-corrected chi connectivity index (χ4v) is 3.59. The van der Waals surface area contributed by atoms with Crippen molar-refractivity contribution in [2.75, 3.05) is 23.7 Å². The van der Waals surface area contributed by atoms with Crippen LogP contribution in [0.2, 0.25) is 0 Å². The minimum absolute atomic E-state index is 0.743. The summed E-state index contributed by atoms with van der Waals surface area (Å²) in [5.41, 5.74) is 2.35. The molecule has 4 rings (SSSR count). The molecule has 0 radical (unpaired) electrons. The van der Waals surface area contributed by atoms with Crippen molar-refractivity contribution in [2.24, 2.45) is 0 Å². The highest BCUT2D eigenvalue weighted by atomic mass is 32.1. The molecule has 0 atom stereocenters. The highest BCUT2D eigenvalue weighted by Gasteiger charge is 2.12. The van der Waals surface area contributed by atoms with E-state index in [2.05, 4.69) is 43.1 Å². The van der Waals surface area contributed by atoms with Crippen LogP contribution in [0.15, 0.2) is 66.4 Å². The molecular formula is C19H17N5S. The van der Waals surface area contributed by atoms with E-state index in [1.807, 2.05) is 36.4 Å². The molecular weight excluding hydrogens is 330 g/mol. The Morgan fingerprint density at radius 2 is 1.68 bits per heavy atom. The molecule has 0 aliphatic carbocycles. The Hall–Kier alpha value is -2.99. The highest BCUT2D eigenvalue weighted by Crippen LogP contribution is 2.36. The lowest BCUT2D eigenvalue weighted by atomic mass is 10.1. The Morgan fingerprint density at radius 1 is 0.840 bits per heavy atom. The number of nitrogens with one attached hydrogen (secondary N) is 2. The van der Waals surface area contributed by atoms with E-state index in [-0.39, 0.29) is 0 Å². The van der Waals surface area contributed by atoms with Crippen molar-refractivity contribution in [1.29, 1.82) is 0 Å². The van der Waals surface area contributed by atoms with E-state index in [1.165, 1.54) is 11.1 Å². The van der Waals surface area contributed by atoms with Crippen molar-refractivity contribution in [3.63, 3.8) is 0 Å². The molecule has 0 saturated heterocycles. The number of benzene rings is 1. The summed E-state index contributed by atoms with van der Waals surface area (Å²) < 4.78 is 0. The molecule has 3 aromatic heterocycles. The van der Waals surface area contributed by atoms with Crippen molar-refractivity contribution in [2.45, 2.75) is 0 Å². The van der Waals surface area contributed by atoms with Gasteiger partial charge in [0.25, 0.3) is 0 Å². The maximum absolute atomic E-state index is 4.45. The maximum Gasteiger partial charge on any atom is 0.138 e. The minimum Gasteiger partial charge on any atom is -0.368 e. The first-order valence-corrected chi connectivity index (χ1v) is 8.96. The van der Waals surface area contributed by atoms with Gasteiger partial charge in [-0.25, -0.2) is 15.0 Å². The quantitative estimate of drug-likeness (QED) is 0.510. The van der Waals surface area contributed by atoms with Crippen LogP contribution in [-0.4, -0.2) is 28.0 Å². The summed E-state index contributed by atoms with van der Waals surface area (Å²) >= 11 is 1.64. The van der Waals surface area contributed by atoms with E-state index >= 15 is 0 Å². The number of aromatic nitrogens is 3. The normalized spacial score (nSPS) is 10.7. The second-order valence-electron chi connectivity index (χ2n) is 5.49. The van der Waals surface area contributed by atoms with Gasteiger partial charge in [-0.3, -0.25) is 0 Å². The fourth-order valence-electron chi connectivity index (χ4n) is 2.68. The van der Waals surface area contributed by atoms with Crippen molar-refractivity contribution in [3.05, 3.63) is 66.4 Å². The van der Waals surface area contributed by atoms with Crippen LogP contribution in [0.3, 0.4) is 0 Å². The van der Waals surface area contributed by atoms with Gasteiger partial charge < -0.3 is 10.6 Å². The molecule has 0 amide bonds. The summed E-state index contributed by atoms with van der Waals surface area (Å²) in [6.07, 6.45) is 3.39. The van der Waals surface area contributed by atoms with E-state index in [1.54, 1.807) is 23.9 Å². The van der Waals surface area contributed by atoms with Crippen LogP contribution in [0.1, 0.15) is 0 Å². The van der Waals surface area contributed by atoms with Gasteiger partial charge in [-0.2, -0.15) is 0 Å². The molecule has 3 heterocycles. The molecule has 25 heavy (non-hydrogen) atoms. The van der Waals surface area contributed by atoms with E-state index < -0.39 is 0 Å². The van der Waals surface area contributed by atoms with Crippen LogP contribution in [0.5, 0.6) is 0 Å². The zero-order chi connectivity index (χ0) is 16.9. The van der Waals surface area contributed by atoms with Gasteiger partial charge in [0.05, 0.1) is 5.39 Å². The number of nitrogens with zero attached hydrogens (tertiary/aromatic N) is 3. The highest BCUT2D eigenvalue weighted by molar-refractivity contribution is 7.17. The summed E-state index contributed by atoms with van der Waals surface area (Å²) in [6, 6.07) is 16.2. The molecule has 0 fully saturated rings. The molecule has 0 bridgehead atoms. The lowest BCUT2D eigenvalue weighted by molar-refractivity contribution is 1.04. The van der Waals surface area contributed by atoms with Crippen molar-refractivity contribution in [1.82, 2.24) is 15.0 Å². The minimum atomic E-state index is 0.743. The monoisotopic (exact) mass is 347 g/mol. The third kappa shape index (κ3) is 3.44. The predicted octanol–water partition coefficient (Wildman–Crippen LogP) is 4.28. The zero-order valence-electron chi connectivity index (χ0n) is 13.5. The molecule has 5 nitrogen and oxygen atoms in total.